The first-order valence-electron chi connectivity index (χ1n) is 7.55. The van der Waals surface area contributed by atoms with Crippen LogP contribution in [-0.2, 0) is 0 Å². The fourth-order valence-corrected chi connectivity index (χ4v) is 2.70. The van der Waals surface area contributed by atoms with Crippen molar-refractivity contribution in [1.82, 2.24) is 0 Å². The first-order valence-corrected chi connectivity index (χ1v) is 8.31. The van der Waals surface area contributed by atoms with Crippen LogP contribution in [0.15, 0.2) is 52.9 Å². The fourth-order valence-electron chi connectivity index (χ4n) is 2.32. The molecular formula is C19H13Cl2NO4. The highest BCUT2D eigenvalue weighted by Gasteiger charge is 2.15. The van der Waals surface area contributed by atoms with Crippen molar-refractivity contribution in [2.75, 3.05) is 5.32 Å². The number of benzene rings is 2. The summed E-state index contributed by atoms with van der Waals surface area (Å²) in [5, 5.41) is 12.4. The van der Waals surface area contributed by atoms with Crippen LogP contribution in [0.25, 0.3) is 11.3 Å². The number of hydrogen-bond donors (Lipinski definition) is 2. The average molecular weight is 390 g/mol. The van der Waals surface area contributed by atoms with Gasteiger partial charge in [0.1, 0.15) is 5.76 Å². The minimum absolute atomic E-state index is 0.0866. The minimum Gasteiger partial charge on any atom is -0.478 e. The number of aromatic carboxylic acids is 1. The predicted molar refractivity (Wildman–Crippen MR) is 100 cm³/mol. The number of carbonyl (C=O) groups excluding carboxylic acids is 1. The Balaban J connectivity index is 1.81. The predicted octanol–water partition coefficient (Wildman–Crippen LogP) is 5.51. The van der Waals surface area contributed by atoms with E-state index in [1.807, 2.05) is 19.1 Å². The fraction of sp³-hybridized carbons (Fsp3) is 0.0526. The Morgan fingerprint density at radius 3 is 2.46 bits per heavy atom. The van der Waals surface area contributed by atoms with Gasteiger partial charge in [-0.05, 0) is 48.9 Å². The zero-order chi connectivity index (χ0) is 18.8. The summed E-state index contributed by atoms with van der Waals surface area (Å²) in [6, 6.07) is 12.9. The van der Waals surface area contributed by atoms with Gasteiger partial charge in [0, 0.05) is 16.3 Å². The molecule has 2 N–H and O–H groups in total. The lowest BCUT2D eigenvalue weighted by Crippen LogP contribution is -2.11. The average Bonchev–Trinajstić information content (AvgIpc) is 3.09. The Hall–Kier alpha value is -2.76. The first-order chi connectivity index (χ1) is 12.3. The number of hydrogen-bond acceptors (Lipinski definition) is 3. The van der Waals surface area contributed by atoms with Crippen molar-refractivity contribution in [2.24, 2.45) is 0 Å². The van der Waals surface area contributed by atoms with Crippen LogP contribution < -0.4 is 5.32 Å². The maximum absolute atomic E-state index is 12.3. The molecular weight excluding hydrogens is 377 g/mol. The second-order valence-electron chi connectivity index (χ2n) is 5.58. The number of halogens is 2. The van der Waals surface area contributed by atoms with Crippen LogP contribution in [0.1, 0.15) is 26.5 Å². The van der Waals surface area contributed by atoms with E-state index in [1.54, 1.807) is 12.1 Å². The SMILES string of the molecule is Cc1ccc(-c2ccc(C(=O)Nc3ccc(Cl)c(C(=O)O)c3)o2)cc1Cl. The maximum Gasteiger partial charge on any atom is 0.337 e. The molecule has 0 saturated heterocycles. The second kappa shape index (κ2) is 7.23. The van der Waals surface area contributed by atoms with Gasteiger partial charge in [-0.2, -0.15) is 0 Å². The summed E-state index contributed by atoms with van der Waals surface area (Å²) >= 11 is 11.9. The number of amides is 1. The third-order valence-corrected chi connectivity index (χ3v) is 4.48. The molecule has 1 amide bonds. The number of nitrogens with one attached hydrogen (secondary N) is 1. The monoisotopic (exact) mass is 389 g/mol. The van der Waals surface area contributed by atoms with Crippen molar-refractivity contribution in [3.8, 4) is 11.3 Å². The summed E-state index contributed by atoms with van der Waals surface area (Å²) in [4.78, 5) is 23.4. The Labute approximate surface area is 159 Å². The van der Waals surface area contributed by atoms with E-state index >= 15 is 0 Å². The molecule has 0 aliphatic rings. The molecule has 0 atom stereocenters. The molecule has 0 bridgehead atoms. The first kappa shape index (κ1) is 18.0. The van der Waals surface area contributed by atoms with E-state index in [0.29, 0.717) is 16.5 Å². The topological polar surface area (TPSA) is 79.5 Å². The number of anilines is 1. The summed E-state index contributed by atoms with van der Waals surface area (Å²) in [5.41, 5.74) is 1.89. The maximum atomic E-state index is 12.3. The van der Waals surface area contributed by atoms with E-state index in [0.717, 1.165) is 11.1 Å². The third-order valence-electron chi connectivity index (χ3n) is 3.74. The summed E-state index contributed by atoms with van der Waals surface area (Å²) < 4.78 is 5.59. The molecule has 5 nitrogen and oxygen atoms in total. The molecule has 2 aromatic carbocycles. The van der Waals surface area contributed by atoms with E-state index in [4.69, 9.17) is 32.7 Å². The second-order valence-corrected chi connectivity index (χ2v) is 6.40. The van der Waals surface area contributed by atoms with Gasteiger partial charge in [0.25, 0.3) is 5.91 Å². The van der Waals surface area contributed by atoms with Crippen molar-refractivity contribution in [2.45, 2.75) is 6.92 Å². The summed E-state index contributed by atoms with van der Waals surface area (Å²) in [6.45, 7) is 1.89. The highest BCUT2D eigenvalue weighted by Crippen LogP contribution is 2.27. The molecule has 26 heavy (non-hydrogen) atoms. The van der Waals surface area contributed by atoms with Crippen LogP contribution in [0.4, 0.5) is 5.69 Å². The van der Waals surface area contributed by atoms with Gasteiger partial charge in [0.15, 0.2) is 5.76 Å². The summed E-state index contributed by atoms with van der Waals surface area (Å²) in [6.07, 6.45) is 0. The van der Waals surface area contributed by atoms with Crippen LogP contribution in [0.2, 0.25) is 10.0 Å². The minimum atomic E-state index is -1.18. The van der Waals surface area contributed by atoms with E-state index in [2.05, 4.69) is 5.32 Å². The van der Waals surface area contributed by atoms with Gasteiger partial charge in [0.2, 0.25) is 0 Å². The normalized spacial score (nSPS) is 10.6. The number of carboxylic acids is 1. The van der Waals surface area contributed by atoms with Gasteiger partial charge in [-0.25, -0.2) is 4.79 Å². The molecule has 0 radical (unpaired) electrons. The molecule has 0 aliphatic heterocycles. The van der Waals surface area contributed by atoms with Gasteiger partial charge in [-0.3, -0.25) is 4.79 Å². The molecule has 0 unspecified atom stereocenters. The van der Waals surface area contributed by atoms with Crippen molar-refractivity contribution in [1.29, 1.82) is 0 Å². The number of furan rings is 1. The lowest BCUT2D eigenvalue weighted by atomic mass is 10.1. The third kappa shape index (κ3) is 3.74. The van der Waals surface area contributed by atoms with Gasteiger partial charge >= 0.3 is 5.97 Å². The van der Waals surface area contributed by atoms with Crippen LogP contribution in [-0.4, -0.2) is 17.0 Å². The number of carboxylic acid groups (broad SMARTS) is 1. The lowest BCUT2D eigenvalue weighted by Gasteiger charge is -2.06. The molecule has 3 aromatic rings. The van der Waals surface area contributed by atoms with Gasteiger partial charge < -0.3 is 14.8 Å². The Kier molecular flexibility index (Phi) is 5.02. The highest BCUT2D eigenvalue weighted by molar-refractivity contribution is 6.33. The summed E-state index contributed by atoms with van der Waals surface area (Å²) in [7, 11) is 0. The Morgan fingerprint density at radius 2 is 1.77 bits per heavy atom. The number of carbonyl (C=O) groups is 2. The van der Waals surface area contributed by atoms with Crippen LogP contribution in [0, 0.1) is 6.92 Å². The Morgan fingerprint density at radius 1 is 1.00 bits per heavy atom. The zero-order valence-electron chi connectivity index (χ0n) is 13.5. The molecule has 0 saturated carbocycles. The molecule has 1 heterocycles. The smallest absolute Gasteiger partial charge is 0.337 e. The van der Waals surface area contributed by atoms with Crippen molar-refractivity contribution >= 4 is 40.8 Å². The van der Waals surface area contributed by atoms with Crippen molar-refractivity contribution in [3.05, 3.63) is 75.5 Å². The van der Waals surface area contributed by atoms with E-state index in [9.17, 15) is 9.59 Å². The van der Waals surface area contributed by atoms with Gasteiger partial charge in [0.05, 0.1) is 10.6 Å². The van der Waals surface area contributed by atoms with Crippen LogP contribution in [0.5, 0.6) is 0 Å². The molecule has 3 rings (SSSR count). The largest absolute Gasteiger partial charge is 0.478 e. The quantitative estimate of drug-likeness (QED) is 0.616. The van der Waals surface area contributed by atoms with Crippen molar-refractivity contribution in [3.63, 3.8) is 0 Å². The van der Waals surface area contributed by atoms with Gasteiger partial charge in [-0.15, -0.1) is 0 Å². The van der Waals surface area contributed by atoms with Crippen LogP contribution >= 0.6 is 23.2 Å². The highest BCUT2D eigenvalue weighted by atomic mass is 35.5. The zero-order valence-corrected chi connectivity index (χ0v) is 15.1. The molecule has 0 aliphatic carbocycles. The van der Waals surface area contributed by atoms with Crippen LogP contribution in [0.3, 0.4) is 0 Å². The lowest BCUT2D eigenvalue weighted by molar-refractivity contribution is 0.0696. The Bertz CT molecular complexity index is 1010. The van der Waals surface area contributed by atoms with E-state index in [1.165, 1.54) is 24.3 Å². The standard InChI is InChI=1S/C19H13Cl2NO4/c1-10-2-3-11(8-15(10)21)16-6-7-17(26-16)18(23)22-12-4-5-14(20)13(9-12)19(24)25/h2-9H,1H3,(H,22,23)(H,24,25). The van der Waals surface area contributed by atoms with Gasteiger partial charge in [-0.1, -0.05) is 35.3 Å². The molecule has 0 spiro atoms. The number of aryl methyl sites for hydroxylation is 1. The molecule has 1 aromatic heterocycles. The molecule has 7 heteroatoms. The van der Waals surface area contributed by atoms with E-state index < -0.39 is 11.9 Å². The molecule has 132 valence electrons. The van der Waals surface area contributed by atoms with Crippen molar-refractivity contribution < 1.29 is 19.1 Å². The van der Waals surface area contributed by atoms with E-state index in [-0.39, 0.29) is 16.3 Å². The number of rotatable bonds is 4. The summed E-state index contributed by atoms with van der Waals surface area (Å²) in [5.74, 6) is -1.10. The molecule has 0 fully saturated rings.